The van der Waals surface area contributed by atoms with Crippen molar-refractivity contribution in [3.05, 3.63) is 78.4 Å². The summed E-state index contributed by atoms with van der Waals surface area (Å²) >= 11 is 1.82. The van der Waals surface area contributed by atoms with Gasteiger partial charge in [0.1, 0.15) is 5.75 Å². The summed E-state index contributed by atoms with van der Waals surface area (Å²) < 4.78 is 6.05. The van der Waals surface area contributed by atoms with Gasteiger partial charge in [-0.25, -0.2) is 0 Å². The monoisotopic (exact) mass is 379 g/mol. The first kappa shape index (κ1) is 19.3. The van der Waals surface area contributed by atoms with E-state index in [1.807, 2.05) is 79.3 Å². The zero-order valence-corrected chi connectivity index (χ0v) is 16.4. The minimum atomic E-state index is -0.477. The quantitative estimate of drug-likeness (QED) is 0.529. The minimum Gasteiger partial charge on any atom is -0.480 e. The highest BCUT2D eigenvalue weighted by Gasteiger charge is 2.18. The van der Waals surface area contributed by atoms with Crippen LogP contribution in [0.4, 0.5) is 0 Å². The van der Waals surface area contributed by atoms with E-state index in [1.54, 1.807) is 0 Å². The van der Waals surface area contributed by atoms with Gasteiger partial charge < -0.3 is 10.1 Å². The van der Waals surface area contributed by atoms with Crippen molar-refractivity contribution in [2.24, 2.45) is 0 Å². The number of fused-ring (bicyclic) bond motifs is 1. The van der Waals surface area contributed by atoms with E-state index >= 15 is 0 Å². The highest BCUT2D eigenvalue weighted by atomic mass is 32.2. The summed E-state index contributed by atoms with van der Waals surface area (Å²) in [5, 5.41) is 5.15. The first-order valence-corrected chi connectivity index (χ1v) is 10.5. The molecule has 0 aliphatic rings. The predicted octanol–water partition coefficient (Wildman–Crippen LogP) is 5.05. The summed E-state index contributed by atoms with van der Waals surface area (Å²) in [7, 11) is 0. The summed E-state index contributed by atoms with van der Waals surface area (Å²) in [6.07, 6.45) is 0.154. The largest absolute Gasteiger partial charge is 0.480 e. The molecule has 0 aliphatic heterocycles. The second-order valence-electron chi connectivity index (χ2n) is 6.32. The van der Waals surface area contributed by atoms with Gasteiger partial charge >= 0.3 is 0 Å². The van der Waals surface area contributed by atoms with Gasteiger partial charge in [-0.05, 0) is 23.4 Å². The normalized spacial score (nSPS) is 11.9. The molecular formula is C23H25NO2S. The number of rotatable bonds is 9. The third-order valence-corrected chi connectivity index (χ3v) is 5.37. The van der Waals surface area contributed by atoms with Gasteiger partial charge in [-0.15, -0.1) is 0 Å². The van der Waals surface area contributed by atoms with Gasteiger partial charge in [0.05, 0.1) is 0 Å². The molecule has 140 valence electrons. The topological polar surface area (TPSA) is 38.3 Å². The van der Waals surface area contributed by atoms with E-state index in [0.29, 0.717) is 13.0 Å². The van der Waals surface area contributed by atoms with E-state index in [-0.39, 0.29) is 5.91 Å². The minimum absolute atomic E-state index is 0.0502. The Labute approximate surface area is 165 Å². The number of nitrogens with one attached hydrogen (secondary N) is 1. The van der Waals surface area contributed by atoms with Crippen molar-refractivity contribution < 1.29 is 9.53 Å². The Balaban J connectivity index is 1.49. The number of ether oxygens (including phenoxy) is 1. The lowest BCUT2D eigenvalue weighted by atomic mass is 10.1. The van der Waals surface area contributed by atoms with Crippen LogP contribution in [0.3, 0.4) is 0 Å². The average Bonchev–Trinajstić information content (AvgIpc) is 2.72. The number of carbonyl (C=O) groups is 1. The zero-order valence-electron chi connectivity index (χ0n) is 15.6. The van der Waals surface area contributed by atoms with E-state index in [9.17, 15) is 4.79 Å². The van der Waals surface area contributed by atoms with Crippen LogP contribution in [-0.4, -0.2) is 24.3 Å². The van der Waals surface area contributed by atoms with E-state index < -0.39 is 6.10 Å². The van der Waals surface area contributed by atoms with E-state index in [1.165, 1.54) is 5.56 Å². The van der Waals surface area contributed by atoms with Crippen LogP contribution >= 0.6 is 11.8 Å². The number of hydrogen-bond acceptors (Lipinski definition) is 3. The van der Waals surface area contributed by atoms with Crippen LogP contribution < -0.4 is 10.1 Å². The molecule has 0 saturated carbocycles. The Kier molecular flexibility index (Phi) is 7.17. The SMILES string of the molecule is CC[C@@H](Oc1cccc2ccccc12)C(=O)NCCSCc1ccccc1. The third kappa shape index (κ3) is 5.51. The molecule has 0 aromatic heterocycles. The number of amides is 1. The molecule has 0 radical (unpaired) electrons. The smallest absolute Gasteiger partial charge is 0.261 e. The molecule has 27 heavy (non-hydrogen) atoms. The van der Waals surface area contributed by atoms with Crippen molar-refractivity contribution in [1.29, 1.82) is 0 Å². The van der Waals surface area contributed by atoms with Crippen molar-refractivity contribution in [2.75, 3.05) is 12.3 Å². The summed E-state index contributed by atoms with van der Waals surface area (Å²) in [5.74, 6) is 2.55. The van der Waals surface area contributed by atoms with Crippen LogP contribution in [0.25, 0.3) is 10.8 Å². The van der Waals surface area contributed by atoms with E-state index in [2.05, 4.69) is 17.4 Å². The molecule has 0 heterocycles. The molecule has 1 N–H and O–H groups in total. The van der Waals surface area contributed by atoms with Crippen LogP contribution in [0.15, 0.2) is 72.8 Å². The maximum absolute atomic E-state index is 12.5. The molecule has 1 amide bonds. The fourth-order valence-electron chi connectivity index (χ4n) is 2.90. The molecule has 3 aromatic carbocycles. The summed E-state index contributed by atoms with van der Waals surface area (Å²) in [4.78, 5) is 12.5. The Morgan fingerprint density at radius 1 is 1.00 bits per heavy atom. The summed E-state index contributed by atoms with van der Waals surface area (Å²) in [5.41, 5.74) is 1.31. The molecule has 1 atom stereocenters. The van der Waals surface area contributed by atoms with Crippen LogP contribution in [0.2, 0.25) is 0 Å². The first-order chi connectivity index (χ1) is 13.3. The molecule has 0 spiro atoms. The van der Waals surface area contributed by atoms with Crippen LogP contribution in [0.5, 0.6) is 5.75 Å². The van der Waals surface area contributed by atoms with Crippen molar-refractivity contribution in [3.8, 4) is 5.75 Å². The molecule has 4 heteroatoms. The standard InChI is InChI=1S/C23H25NO2S/c1-2-21(26-22-14-8-12-19-11-6-7-13-20(19)22)23(25)24-15-16-27-17-18-9-4-3-5-10-18/h3-14,21H,2,15-17H2,1H3,(H,24,25)/t21-/m1/s1. The van der Waals surface area contributed by atoms with Gasteiger partial charge in [-0.3, -0.25) is 4.79 Å². The molecule has 0 bridgehead atoms. The molecule has 3 rings (SSSR count). The van der Waals surface area contributed by atoms with E-state index in [4.69, 9.17) is 4.74 Å². The van der Waals surface area contributed by atoms with Gasteiger partial charge in [0.2, 0.25) is 0 Å². The summed E-state index contributed by atoms with van der Waals surface area (Å²) in [6, 6.07) is 24.4. The number of carbonyl (C=O) groups excluding carboxylic acids is 1. The van der Waals surface area contributed by atoms with Crippen LogP contribution in [0.1, 0.15) is 18.9 Å². The van der Waals surface area contributed by atoms with Gasteiger partial charge in [0, 0.05) is 23.4 Å². The van der Waals surface area contributed by atoms with Crippen molar-refractivity contribution in [2.45, 2.75) is 25.2 Å². The Hall–Kier alpha value is -2.46. The Morgan fingerprint density at radius 2 is 1.74 bits per heavy atom. The molecule has 3 nitrogen and oxygen atoms in total. The predicted molar refractivity (Wildman–Crippen MR) is 114 cm³/mol. The van der Waals surface area contributed by atoms with Crippen LogP contribution in [-0.2, 0) is 10.5 Å². The lowest BCUT2D eigenvalue weighted by molar-refractivity contribution is -0.127. The number of thioether (sulfide) groups is 1. The van der Waals surface area contributed by atoms with Crippen molar-refractivity contribution >= 4 is 28.4 Å². The molecule has 0 saturated heterocycles. The Bertz CT molecular complexity index is 861. The number of benzene rings is 3. The highest BCUT2D eigenvalue weighted by molar-refractivity contribution is 7.98. The second-order valence-corrected chi connectivity index (χ2v) is 7.43. The molecule has 0 fully saturated rings. The molecule has 0 unspecified atom stereocenters. The Morgan fingerprint density at radius 3 is 2.56 bits per heavy atom. The summed E-state index contributed by atoms with van der Waals surface area (Å²) in [6.45, 7) is 2.62. The lowest BCUT2D eigenvalue weighted by Crippen LogP contribution is -2.39. The fourth-order valence-corrected chi connectivity index (χ4v) is 3.72. The second kappa shape index (κ2) is 10.0. The average molecular weight is 380 g/mol. The van der Waals surface area contributed by atoms with E-state index in [0.717, 1.165) is 28.0 Å². The van der Waals surface area contributed by atoms with Gasteiger partial charge in [0.15, 0.2) is 6.10 Å². The fraction of sp³-hybridized carbons (Fsp3) is 0.261. The molecule has 3 aromatic rings. The van der Waals surface area contributed by atoms with Crippen LogP contribution in [0, 0.1) is 0 Å². The van der Waals surface area contributed by atoms with Gasteiger partial charge in [-0.1, -0.05) is 73.7 Å². The van der Waals surface area contributed by atoms with Gasteiger partial charge in [0.25, 0.3) is 5.91 Å². The number of hydrogen-bond donors (Lipinski definition) is 1. The van der Waals surface area contributed by atoms with Gasteiger partial charge in [-0.2, -0.15) is 11.8 Å². The third-order valence-electron chi connectivity index (χ3n) is 4.34. The zero-order chi connectivity index (χ0) is 18.9. The highest BCUT2D eigenvalue weighted by Crippen LogP contribution is 2.26. The molecular weight excluding hydrogens is 354 g/mol. The van der Waals surface area contributed by atoms with Crippen molar-refractivity contribution in [3.63, 3.8) is 0 Å². The maximum Gasteiger partial charge on any atom is 0.261 e. The van der Waals surface area contributed by atoms with Crippen molar-refractivity contribution in [1.82, 2.24) is 5.32 Å². The first-order valence-electron chi connectivity index (χ1n) is 9.31. The molecule has 0 aliphatic carbocycles. The lowest BCUT2D eigenvalue weighted by Gasteiger charge is -2.18. The maximum atomic E-state index is 12.5.